The molecular weight excluding hydrogens is 282 g/mol. The summed E-state index contributed by atoms with van der Waals surface area (Å²) in [7, 11) is 5.38. The van der Waals surface area contributed by atoms with Crippen molar-refractivity contribution in [2.45, 2.75) is 13.5 Å². The highest BCUT2D eigenvalue weighted by atomic mass is 16.2. The van der Waals surface area contributed by atoms with Gasteiger partial charge in [0.2, 0.25) is 0 Å². The van der Waals surface area contributed by atoms with Crippen molar-refractivity contribution in [3.63, 3.8) is 0 Å². The van der Waals surface area contributed by atoms with Crippen LogP contribution in [-0.4, -0.2) is 34.5 Å². The van der Waals surface area contributed by atoms with E-state index >= 15 is 0 Å². The van der Waals surface area contributed by atoms with Crippen molar-refractivity contribution in [3.05, 3.63) is 51.8 Å². The first-order valence-corrected chi connectivity index (χ1v) is 6.84. The van der Waals surface area contributed by atoms with Crippen molar-refractivity contribution >= 4 is 11.7 Å². The second kappa shape index (κ2) is 6.38. The molecule has 0 fully saturated rings. The molecule has 0 aliphatic carbocycles. The fourth-order valence-electron chi connectivity index (χ4n) is 1.95. The summed E-state index contributed by atoms with van der Waals surface area (Å²) in [5.74, 6) is 0.842. The van der Waals surface area contributed by atoms with E-state index in [-0.39, 0.29) is 17.7 Å². The number of amides is 1. The van der Waals surface area contributed by atoms with Gasteiger partial charge >= 0.3 is 0 Å². The van der Waals surface area contributed by atoms with Gasteiger partial charge in [-0.25, -0.2) is 9.97 Å². The summed E-state index contributed by atoms with van der Waals surface area (Å²) in [4.78, 5) is 34.5. The molecule has 0 aromatic carbocycles. The number of carbonyl (C=O) groups is 1. The first-order chi connectivity index (χ1) is 10.4. The Morgan fingerprint density at radius 3 is 2.77 bits per heavy atom. The van der Waals surface area contributed by atoms with Gasteiger partial charge < -0.3 is 14.8 Å². The number of aryl methyl sites for hydroxylation is 2. The van der Waals surface area contributed by atoms with Gasteiger partial charge in [-0.05, 0) is 19.1 Å². The van der Waals surface area contributed by atoms with Crippen molar-refractivity contribution < 1.29 is 4.79 Å². The molecule has 2 heterocycles. The molecule has 0 radical (unpaired) electrons. The number of hydrogen-bond acceptors (Lipinski definition) is 5. The first-order valence-electron chi connectivity index (χ1n) is 6.84. The minimum absolute atomic E-state index is 0.102. The molecule has 0 aliphatic heterocycles. The maximum absolute atomic E-state index is 12.1. The minimum Gasteiger partial charge on any atom is -0.363 e. The molecule has 0 bridgehead atoms. The van der Waals surface area contributed by atoms with Crippen LogP contribution in [0.15, 0.2) is 29.2 Å². The lowest BCUT2D eigenvalue weighted by Crippen LogP contribution is -2.32. The molecule has 1 amide bonds. The third-order valence-electron chi connectivity index (χ3n) is 3.12. The molecule has 22 heavy (non-hydrogen) atoms. The SMILES string of the molecule is Cc1cc(N(C)C)nc(CNC(=O)c2cccn(C)c2=O)n1. The average molecular weight is 301 g/mol. The molecule has 0 saturated carbocycles. The van der Waals surface area contributed by atoms with Gasteiger partial charge in [0, 0.05) is 39.1 Å². The number of pyridine rings is 1. The normalized spacial score (nSPS) is 10.4. The van der Waals surface area contributed by atoms with E-state index < -0.39 is 5.91 Å². The van der Waals surface area contributed by atoms with Gasteiger partial charge in [0.15, 0.2) is 0 Å². The lowest BCUT2D eigenvalue weighted by molar-refractivity contribution is 0.0948. The monoisotopic (exact) mass is 301 g/mol. The quantitative estimate of drug-likeness (QED) is 0.888. The lowest BCUT2D eigenvalue weighted by Gasteiger charge is -2.13. The largest absolute Gasteiger partial charge is 0.363 e. The van der Waals surface area contributed by atoms with E-state index in [4.69, 9.17) is 0 Å². The van der Waals surface area contributed by atoms with Gasteiger partial charge in [-0.15, -0.1) is 0 Å². The zero-order valence-corrected chi connectivity index (χ0v) is 13.1. The Morgan fingerprint density at radius 1 is 1.36 bits per heavy atom. The molecular formula is C15H19N5O2. The molecule has 116 valence electrons. The number of carbonyl (C=O) groups excluding carboxylic acids is 1. The van der Waals surface area contributed by atoms with E-state index in [1.54, 1.807) is 19.3 Å². The zero-order valence-electron chi connectivity index (χ0n) is 13.1. The molecule has 2 rings (SSSR count). The Bertz CT molecular complexity index is 752. The van der Waals surface area contributed by atoms with Crippen LogP contribution >= 0.6 is 0 Å². The van der Waals surface area contributed by atoms with Crippen molar-refractivity contribution in [1.29, 1.82) is 0 Å². The van der Waals surface area contributed by atoms with E-state index in [1.807, 2.05) is 32.0 Å². The van der Waals surface area contributed by atoms with Crippen LogP contribution in [0, 0.1) is 6.92 Å². The Morgan fingerprint density at radius 2 is 2.09 bits per heavy atom. The van der Waals surface area contributed by atoms with Crippen LogP contribution in [0.2, 0.25) is 0 Å². The van der Waals surface area contributed by atoms with Crippen LogP contribution in [0.3, 0.4) is 0 Å². The third kappa shape index (κ3) is 3.49. The number of anilines is 1. The molecule has 7 nitrogen and oxygen atoms in total. The minimum atomic E-state index is -0.433. The smallest absolute Gasteiger partial charge is 0.263 e. The first kappa shape index (κ1) is 15.7. The maximum Gasteiger partial charge on any atom is 0.263 e. The standard InChI is InChI=1S/C15H19N5O2/c1-10-8-13(19(2)3)18-12(17-10)9-16-14(21)11-6-5-7-20(4)15(11)22/h5-8H,9H2,1-4H3,(H,16,21). The topological polar surface area (TPSA) is 80.1 Å². The number of nitrogens with one attached hydrogen (secondary N) is 1. The molecule has 7 heteroatoms. The highest BCUT2D eigenvalue weighted by Gasteiger charge is 2.12. The molecule has 2 aromatic heterocycles. The summed E-state index contributed by atoms with van der Waals surface area (Å²) in [5.41, 5.74) is 0.586. The van der Waals surface area contributed by atoms with Crippen LogP contribution in [-0.2, 0) is 13.6 Å². The van der Waals surface area contributed by atoms with Crippen molar-refractivity contribution in [1.82, 2.24) is 19.9 Å². The van der Waals surface area contributed by atoms with Gasteiger partial charge in [0.25, 0.3) is 11.5 Å². The van der Waals surface area contributed by atoms with Crippen molar-refractivity contribution in [2.24, 2.45) is 7.05 Å². The van der Waals surface area contributed by atoms with Gasteiger partial charge in [-0.1, -0.05) is 0 Å². The van der Waals surface area contributed by atoms with Crippen LogP contribution in [0.4, 0.5) is 5.82 Å². The highest BCUT2D eigenvalue weighted by molar-refractivity contribution is 5.93. The predicted molar refractivity (Wildman–Crippen MR) is 83.9 cm³/mol. The summed E-state index contributed by atoms with van der Waals surface area (Å²) in [6, 6.07) is 5.02. The molecule has 0 spiro atoms. The average Bonchev–Trinajstić information content (AvgIpc) is 2.47. The summed E-state index contributed by atoms with van der Waals surface area (Å²) >= 11 is 0. The van der Waals surface area contributed by atoms with E-state index in [0.29, 0.717) is 5.82 Å². The third-order valence-corrected chi connectivity index (χ3v) is 3.12. The van der Waals surface area contributed by atoms with Gasteiger partial charge in [-0.3, -0.25) is 9.59 Å². The molecule has 2 aromatic rings. The Balaban J connectivity index is 2.15. The molecule has 0 saturated heterocycles. The summed E-state index contributed by atoms with van der Waals surface area (Å²) in [6.45, 7) is 2.03. The van der Waals surface area contributed by atoms with Gasteiger partial charge in [-0.2, -0.15) is 0 Å². The summed E-state index contributed by atoms with van der Waals surface area (Å²) in [5, 5.41) is 2.68. The number of aromatic nitrogens is 3. The van der Waals surface area contributed by atoms with E-state index in [1.165, 1.54) is 10.6 Å². The Labute approximate surface area is 128 Å². The van der Waals surface area contributed by atoms with Crippen molar-refractivity contribution in [2.75, 3.05) is 19.0 Å². The number of nitrogens with zero attached hydrogens (tertiary/aromatic N) is 4. The van der Waals surface area contributed by atoms with Crippen molar-refractivity contribution in [3.8, 4) is 0 Å². The van der Waals surface area contributed by atoms with Crippen LogP contribution < -0.4 is 15.8 Å². The molecule has 1 N–H and O–H groups in total. The Hall–Kier alpha value is -2.70. The van der Waals surface area contributed by atoms with Gasteiger partial charge in [0.1, 0.15) is 17.2 Å². The number of hydrogen-bond donors (Lipinski definition) is 1. The molecule has 0 unspecified atom stereocenters. The summed E-state index contributed by atoms with van der Waals surface area (Å²) < 4.78 is 1.36. The summed E-state index contributed by atoms with van der Waals surface area (Å²) in [6.07, 6.45) is 1.60. The second-order valence-corrected chi connectivity index (χ2v) is 5.20. The number of rotatable bonds is 4. The van der Waals surface area contributed by atoms with Gasteiger partial charge in [0.05, 0.1) is 6.54 Å². The van der Waals surface area contributed by atoms with Crippen LogP contribution in [0.25, 0.3) is 0 Å². The second-order valence-electron chi connectivity index (χ2n) is 5.20. The Kier molecular flexibility index (Phi) is 4.55. The van der Waals surface area contributed by atoms with E-state index in [2.05, 4.69) is 15.3 Å². The zero-order chi connectivity index (χ0) is 16.3. The predicted octanol–water partition coefficient (Wildman–Crippen LogP) is 0.480. The highest BCUT2D eigenvalue weighted by Crippen LogP contribution is 2.09. The van der Waals surface area contributed by atoms with E-state index in [9.17, 15) is 9.59 Å². The lowest BCUT2D eigenvalue weighted by atomic mass is 10.2. The fraction of sp³-hybridized carbons (Fsp3) is 0.333. The van der Waals surface area contributed by atoms with Crippen LogP contribution in [0.5, 0.6) is 0 Å². The molecule has 0 atom stereocenters. The maximum atomic E-state index is 12.1. The fourth-order valence-corrected chi connectivity index (χ4v) is 1.95. The van der Waals surface area contributed by atoms with Crippen LogP contribution in [0.1, 0.15) is 21.9 Å². The molecule has 0 aliphatic rings. The van der Waals surface area contributed by atoms with E-state index in [0.717, 1.165) is 11.5 Å².